The van der Waals surface area contributed by atoms with Gasteiger partial charge in [-0.25, -0.2) is 12.7 Å². The maximum absolute atomic E-state index is 11.5. The summed E-state index contributed by atoms with van der Waals surface area (Å²) >= 11 is 0. The van der Waals surface area contributed by atoms with Crippen molar-refractivity contribution in [2.24, 2.45) is 0 Å². The molecule has 1 aromatic rings. The van der Waals surface area contributed by atoms with E-state index in [4.69, 9.17) is 4.74 Å². The Morgan fingerprint density at radius 1 is 1.38 bits per heavy atom. The number of nitrogens with zero attached hydrogens (tertiary/aromatic N) is 1. The molecule has 6 heteroatoms. The molecule has 0 bridgehead atoms. The molecule has 1 aromatic carbocycles. The smallest absolute Gasteiger partial charge is 0.211 e. The lowest BCUT2D eigenvalue weighted by molar-refractivity contribution is 0.0820. The fraction of sp³-hybridized carbons (Fsp3) is 0.600. The van der Waals surface area contributed by atoms with Crippen molar-refractivity contribution in [1.29, 1.82) is 0 Å². The zero-order chi connectivity index (χ0) is 15.3. The first-order valence-electron chi connectivity index (χ1n) is 7.36. The average Bonchev–Trinajstić information content (AvgIpc) is 2.46. The summed E-state index contributed by atoms with van der Waals surface area (Å²) in [6, 6.07) is 8.48. The van der Waals surface area contributed by atoms with Gasteiger partial charge in [-0.3, -0.25) is 0 Å². The Morgan fingerprint density at radius 3 is 2.86 bits per heavy atom. The van der Waals surface area contributed by atoms with Gasteiger partial charge in [0.2, 0.25) is 10.0 Å². The Bertz CT molecular complexity index is 560. The van der Waals surface area contributed by atoms with E-state index in [-0.39, 0.29) is 6.04 Å². The number of sulfonamides is 1. The second-order valence-electron chi connectivity index (χ2n) is 5.33. The highest BCUT2D eigenvalue weighted by molar-refractivity contribution is 7.88. The molecule has 0 amide bonds. The van der Waals surface area contributed by atoms with Gasteiger partial charge in [-0.1, -0.05) is 31.2 Å². The van der Waals surface area contributed by atoms with Gasteiger partial charge in [0, 0.05) is 13.1 Å². The van der Waals surface area contributed by atoms with Crippen LogP contribution >= 0.6 is 0 Å². The highest BCUT2D eigenvalue weighted by Gasteiger charge is 2.20. The number of hydrogen-bond donors (Lipinski definition) is 1. The molecule has 0 saturated carbocycles. The molecule has 118 valence electrons. The molecule has 1 unspecified atom stereocenters. The highest BCUT2D eigenvalue weighted by atomic mass is 32.2. The van der Waals surface area contributed by atoms with Crippen LogP contribution in [0, 0.1) is 0 Å². The van der Waals surface area contributed by atoms with E-state index in [1.807, 2.05) is 19.1 Å². The molecule has 0 saturated heterocycles. The zero-order valence-corrected chi connectivity index (χ0v) is 13.5. The summed E-state index contributed by atoms with van der Waals surface area (Å²) in [5.41, 5.74) is 2.52. The molecule has 0 fully saturated rings. The Hall–Kier alpha value is -0.950. The van der Waals surface area contributed by atoms with Crippen molar-refractivity contribution in [2.75, 3.05) is 32.5 Å². The lowest BCUT2D eigenvalue weighted by Crippen LogP contribution is -2.34. The van der Waals surface area contributed by atoms with Gasteiger partial charge in [-0.2, -0.15) is 0 Å². The molecule has 5 nitrogen and oxygen atoms in total. The molecule has 1 aliphatic heterocycles. The summed E-state index contributed by atoms with van der Waals surface area (Å²) in [5.74, 6) is 0. The third-order valence-corrected chi connectivity index (χ3v) is 5.15. The van der Waals surface area contributed by atoms with Gasteiger partial charge < -0.3 is 10.1 Å². The third-order valence-electron chi connectivity index (χ3n) is 3.77. The van der Waals surface area contributed by atoms with Crippen molar-refractivity contribution in [3.8, 4) is 0 Å². The molecule has 1 aliphatic rings. The van der Waals surface area contributed by atoms with E-state index in [0.717, 1.165) is 13.0 Å². The molecule has 0 radical (unpaired) electrons. The first-order chi connectivity index (χ1) is 10.0. The van der Waals surface area contributed by atoms with Crippen LogP contribution in [0.1, 0.15) is 30.5 Å². The van der Waals surface area contributed by atoms with Crippen LogP contribution in [-0.2, 0) is 21.4 Å². The van der Waals surface area contributed by atoms with Crippen LogP contribution in [0.15, 0.2) is 24.3 Å². The largest absolute Gasteiger partial charge is 0.375 e. The normalized spacial score (nSPS) is 18.7. The van der Waals surface area contributed by atoms with Gasteiger partial charge in [0.1, 0.15) is 0 Å². The second kappa shape index (κ2) is 7.35. The first kappa shape index (κ1) is 16.4. The third kappa shape index (κ3) is 4.51. The minimum Gasteiger partial charge on any atom is -0.375 e. The number of fused-ring (bicyclic) bond motifs is 1. The van der Waals surface area contributed by atoms with Gasteiger partial charge in [0.15, 0.2) is 0 Å². The molecule has 1 heterocycles. The molecule has 1 atom stereocenters. The summed E-state index contributed by atoms with van der Waals surface area (Å²) < 4.78 is 30.1. The predicted molar refractivity (Wildman–Crippen MR) is 83.5 cm³/mol. The fourth-order valence-corrected chi connectivity index (χ4v) is 3.57. The predicted octanol–water partition coefficient (Wildman–Crippen LogP) is 1.52. The minimum absolute atomic E-state index is 0.197. The van der Waals surface area contributed by atoms with Crippen LogP contribution in [0.4, 0.5) is 0 Å². The van der Waals surface area contributed by atoms with Gasteiger partial charge in [-0.15, -0.1) is 0 Å². The number of nitrogens with one attached hydrogen (secondary N) is 1. The molecular weight excluding hydrogens is 288 g/mol. The van der Waals surface area contributed by atoms with E-state index in [2.05, 4.69) is 17.4 Å². The van der Waals surface area contributed by atoms with Crippen molar-refractivity contribution in [3.63, 3.8) is 0 Å². The number of ether oxygens (including phenoxy) is 1. The SMILES string of the molecule is CCN(CCCNC1COCc2ccccc21)S(C)(=O)=O. The van der Waals surface area contributed by atoms with E-state index < -0.39 is 10.0 Å². The van der Waals surface area contributed by atoms with E-state index in [9.17, 15) is 8.42 Å². The van der Waals surface area contributed by atoms with Crippen molar-refractivity contribution in [2.45, 2.75) is 26.0 Å². The maximum Gasteiger partial charge on any atom is 0.211 e. The number of hydrogen-bond acceptors (Lipinski definition) is 4. The van der Waals surface area contributed by atoms with Crippen LogP contribution in [0.25, 0.3) is 0 Å². The van der Waals surface area contributed by atoms with Gasteiger partial charge >= 0.3 is 0 Å². The summed E-state index contributed by atoms with van der Waals surface area (Å²) in [6.45, 7) is 5.05. The molecule has 2 rings (SSSR count). The van der Waals surface area contributed by atoms with Gasteiger partial charge in [0.05, 0.1) is 25.5 Å². The van der Waals surface area contributed by atoms with Crippen LogP contribution in [-0.4, -0.2) is 45.2 Å². The lowest BCUT2D eigenvalue weighted by Gasteiger charge is -2.27. The Morgan fingerprint density at radius 2 is 2.14 bits per heavy atom. The summed E-state index contributed by atoms with van der Waals surface area (Å²) in [5, 5.41) is 3.46. The summed E-state index contributed by atoms with van der Waals surface area (Å²) in [7, 11) is -3.09. The fourth-order valence-electron chi connectivity index (χ4n) is 2.64. The monoisotopic (exact) mass is 312 g/mol. The van der Waals surface area contributed by atoms with E-state index in [1.54, 1.807) is 0 Å². The van der Waals surface area contributed by atoms with Crippen molar-refractivity contribution >= 4 is 10.0 Å². The molecular formula is C15H24N2O3S. The van der Waals surface area contributed by atoms with E-state index >= 15 is 0 Å². The summed E-state index contributed by atoms with van der Waals surface area (Å²) in [4.78, 5) is 0. The second-order valence-corrected chi connectivity index (χ2v) is 7.31. The zero-order valence-electron chi connectivity index (χ0n) is 12.7. The van der Waals surface area contributed by atoms with Gasteiger partial charge in [-0.05, 0) is 24.1 Å². The van der Waals surface area contributed by atoms with Gasteiger partial charge in [0.25, 0.3) is 0 Å². The molecule has 21 heavy (non-hydrogen) atoms. The molecule has 1 N–H and O–H groups in total. The first-order valence-corrected chi connectivity index (χ1v) is 9.21. The number of benzene rings is 1. The van der Waals surface area contributed by atoms with Crippen molar-refractivity contribution in [3.05, 3.63) is 35.4 Å². The molecule has 0 aromatic heterocycles. The number of rotatable bonds is 7. The summed E-state index contributed by atoms with van der Waals surface area (Å²) in [6.07, 6.45) is 2.05. The van der Waals surface area contributed by atoms with E-state index in [0.29, 0.717) is 26.3 Å². The van der Waals surface area contributed by atoms with Crippen molar-refractivity contribution < 1.29 is 13.2 Å². The Labute approximate surface area is 127 Å². The topological polar surface area (TPSA) is 58.6 Å². The van der Waals surface area contributed by atoms with Crippen molar-refractivity contribution in [1.82, 2.24) is 9.62 Å². The van der Waals surface area contributed by atoms with Crippen LogP contribution in [0.2, 0.25) is 0 Å². The average molecular weight is 312 g/mol. The van der Waals surface area contributed by atoms with Crippen LogP contribution < -0.4 is 5.32 Å². The molecule has 0 spiro atoms. The standard InChI is InChI=1S/C15H24N2O3S/c1-3-17(21(2,18)19)10-6-9-16-15-12-20-11-13-7-4-5-8-14(13)15/h4-5,7-8,15-16H,3,6,9-12H2,1-2H3. The Kier molecular flexibility index (Phi) is 5.75. The van der Waals surface area contributed by atoms with Crippen LogP contribution in [0.3, 0.4) is 0 Å². The quantitative estimate of drug-likeness (QED) is 0.776. The van der Waals surface area contributed by atoms with Crippen LogP contribution in [0.5, 0.6) is 0 Å². The van der Waals surface area contributed by atoms with E-state index in [1.165, 1.54) is 21.7 Å². The lowest BCUT2D eigenvalue weighted by atomic mass is 9.99. The molecule has 0 aliphatic carbocycles. The maximum atomic E-state index is 11.5. The Balaban J connectivity index is 1.82. The minimum atomic E-state index is -3.09. The highest BCUT2D eigenvalue weighted by Crippen LogP contribution is 2.24.